The molecule has 2 rings (SSSR count). The van der Waals surface area contributed by atoms with Gasteiger partial charge in [0, 0.05) is 11.0 Å². The molecular formula is C15H19ClO3. The number of ether oxygens (including phenoxy) is 1. The Morgan fingerprint density at radius 3 is 2.74 bits per heavy atom. The van der Waals surface area contributed by atoms with Gasteiger partial charge in [-0.15, -0.1) is 0 Å². The van der Waals surface area contributed by atoms with Gasteiger partial charge < -0.3 is 9.84 Å². The average molecular weight is 283 g/mol. The van der Waals surface area contributed by atoms with Gasteiger partial charge >= 0.3 is 5.97 Å². The molecule has 0 aromatic heterocycles. The third kappa shape index (κ3) is 3.63. The largest absolute Gasteiger partial charge is 0.491 e. The molecule has 19 heavy (non-hydrogen) atoms. The summed E-state index contributed by atoms with van der Waals surface area (Å²) in [6.07, 6.45) is 2.46. The van der Waals surface area contributed by atoms with Crippen molar-refractivity contribution in [3.05, 3.63) is 28.8 Å². The van der Waals surface area contributed by atoms with Crippen molar-refractivity contribution < 1.29 is 14.6 Å². The summed E-state index contributed by atoms with van der Waals surface area (Å²) in [5, 5.41) is 9.58. The van der Waals surface area contributed by atoms with E-state index < -0.39 is 11.4 Å². The van der Waals surface area contributed by atoms with Gasteiger partial charge in [-0.3, -0.25) is 4.79 Å². The summed E-state index contributed by atoms with van der Waals surface area (Å²) >= 11 is 6.20. The summed E-state index contributed by atoms with van der Waals surface area (Å²) in [6, 6.07) is 5.52. The Morgan fingerprint density at radius 1 is 1.47 bits per heavy atom. The predicted molar refractivity (Wildman–Crippen MR) is 74.9 cm³/mol. The molecule has 1 aromatic rings. The SMILES string of the molecule is CC(C)(CC(=O)O)c1cccc(Cl)c1OCC1CC1. The lowest BCUT2D eigenvalue weighted by Gasteiger charge is -2.26. The first-order chi connectivity index (χ1) is 8.90. The number of carboxylic acid groups (broad SMARTS) is 1. The molecular weight excluding hydrogens is 264 g/mol. The molecule has 1 N–H and O–H groups in total. The van der Waals surface area contributed by atoms with E-state index in [-0.39, 0.29) is 6.42 Å². The lowest BCUT2D eigenvalue weighted by molar-refractivity contribution is -0.138. The number of rotatable bonds is 6. The molecule has 3 nitrogen and oxygen atoms in total. The van der Waals surface area contributed by atoms with Gasteiger partial charge in [0.1, 0.15) is 5.75 Å². The van der Waals surface area contributed by atoms with Gasteiger partial charge in [-0.2, -0.15) is 0 Å². The summed E-state index contributed by atoms with van der Waals surface area (Å²) in [5.74, 6) is 0.451. The van der Waals surface area contributed by atoms with Gasteiger partial charge in [-0.1, -0.05) is 37.6 Å². The topological polar surface area (TPSA) is 46.5 Å². The van der Waals surface area contributed by atoms with Gasteiger partial charge in [0.05, 0.1) is 18.1 Å². The molecule has 1 aliphatic rings. The van der Waals surface area contributed by atoms with E-state index >= 15 is 0 Å². The lowest BCUT2D eigenvalue weighted by atomic mass is 9.81. The second kappa shape index (κ2) is 5.41. The third-order valence-corrected chi connectivity index (χ3v) is 3.75. The molecule has 4 heteroatoms. The van der Waals surface area contributed by atoms with Crippen LogP contribution in [0.1, 0.15) is 38.7 Å². The summed E-state index contributed by atoms with van der Waals surface area (Å²) in [4.78, 5) is 11.0. The molecule has 0 unspecified atom stereocenters. The van der Waals surface area contributed by atoms with E-state index in [0.717, 1.165) is 5.56 Å². The minimum Gasteiger partial charge on any atom is -0.491 e. The fourth-order valence-corrected chi connectivity index (χ4v) is 2.38. The number of halogens is 1. The summed E-state index contributed by atoms with van der Waals surface area (Å²) in [7, 11) is 0. The Morgan fingerprint density at radius 2 is 2.16 bits per heavy atom. The lowest BCUT2D eigenvalue weighted by Crippen LogP contribution is -2.23. The van der Waals surface area contributed by atoms with Crippen molar-refractivity contribution in [3.63, 3.8) is 0 Å². The van der Waals surface area contributed by atoms with E-state index in [1.165, 1.54) is 12.8 Å². The predicted octanol–water partition coefficient (Wildman–Crippen LogP) is 3.88. The maximum absolute atomic E-state index is 11.0. The van der Waals surface area contributed by atoms with Gasteiger partial charge in [0.15, 0.2) is 0 Å². The molecule has 0 amide bonds. The molecule has 0 radical (unpaired) electrons. The zero-order valence-corrected chi connectivity index (χ0v) is 12.0. The number of hydrogen-bond donors (Lipinski definition) is 1. The third-order valence-electron chi connectivity index (χ3n) is 3.45. The smallest absolute Gasteiger partial charge is 0.304 e. The molecule has 0 heterocycles. The highest BCUT2D eigenvalue weighted by Crippen LogP contribution is 2.40. The van der Waals surface area contributed by atoms with Crippen LogP contribution in [-0.4, -0.2) is 17.7 Å². The zero-order valence-electron chi connectivity index (χ0n) is 11.3. The molecule has 1 aromatic carbocycles. The number of carbonyl (C=O) groups is 1. The number of para-hydroxylation sites is 1. The van der Waals surface area contributed by atoms with Crippen molar-refractivity contribution in [3.8, 4) is 5.75 Å². The van der Waals surface area contributed by atoms with E-state index in [1.807, 2.05) is 26.0 Å². The summed E-state index contributed by atoms with van der Waals surface area (Å²) in [6.45, 7) is 4.47. The standard InChI is InChI=1S/C15H19ClO3/c1-15(2,8-13(17)18)11-4-3-5-12(16)14(11)19-9-10-6-7-10/h3-5,10H,6-9H2,1-2H3,(H,17,18). The van der Waals surface area contributed by atoms with Gasteiger partial charge in [0.25, 0.3) is 0 Å². The van der Waals surface area contributed by atoms with Crippen molar-refractivity contribution in [1.29, 1.82) is 0 Å². The van der Waals surface area contributed by atoms with Crippen LogP contribution in [0.3, 0.4) is 0 Å². The van der Waals surface area contributed by atoms with Crippen LogP contribution in [0.5, 0.6) is 5.75 Å². The normalized spacial score (nSPS) is 15.3. The Kier molecular flexibility index (Phi) is 4.04. The maximum Gasteiger partial charge on any atom is 0.304 e. The number of hydrogen-bond acceptors (Lipinski definition) is 2. The van der Waals surface area contributed by atoms with Crippen LogP contribution in [0.15, 0.2) is 18.2 Å². The molecule has 1 saturated carbocycles. The number of carboxylic acids is 1. The second-order valence-corrected chi connectivity index (χ2v) is 6.23. The van der Waals surface area contributed by atoms with Crippen LogP contribution in [0, 0.1) is 5.92 Å². The molecule has 0 saturated heterocycles. The van der Waals surface area contributed by atoms with Gasteiger partial charge in [-0.05, 0) is 24.8 Å². The van der Waals surface area contributed by atoms with Crippen LogP contribution >= 0.6 is 11.6 Å². The maximum atomic E-state index is 11.0. The fraction of sp³-hybridized carbons (Fsp3) is 0.533. The van der Waals surface area contributed by atoms with Crippen molar-refractivity contribution in [2.24, 2.45) is 5.92 Å². The van der Waals surface area contributed by atoms with Crippen molar-refractivity contribution >= 4 is 17.6 Å². The van der Waals surface area contributed by atoms with Gasteiger partial charge in [0.2, 0.25) is 0 Å². The first kappa shape index (κ1) is 14.2. The highest BCUT2D eigenvalue weighted by Gasteiger charge is 2.30. The van der Waals surface area contributed by atoms with Crippen LogP contribution in [0.2, 0.25) is 5.02 Å². The van der Waals surface area contributed by atoms with E-state index in [1.54, 1.807) is 6.07 Å². The van der Waals surface area contributed by atoms with E-state index in [0.29, 0.717) is 23.3 Å². The number of aliphatic carboxylic acids is 1. The van der Waals surface area contributed by atoms with Crippen molar-refractivity contribution in [2.45, 2.75) is 38.5 Å². The van der Waals surface area contributed by atoms with Crippen LogP contribution in [0.4, 0.5) is 0 Å². The second-order valence-electron chi connectivity index (χ2n) is 5.83. The van der Waals surface area contributed by atoms with E-state index in [4.69, 9.17) is 21.4 Å². The minimum absolute atomic E-state index is 0.0487. The fourth-order valence-electron chi connectivity index (χ4n) is 2.15. The quantitative estimate of drug-likeness (QED) is 0.861. The van der Waals surface area contributed by atoms with Gasteiger partial charge in [-0.25, -0.2) is 0 Å². The minimum atomic E-state index is -0.821. The highest BCUT2D eigenvalue weighted by molar-refractivity contribution is 6.32. The summed E-state index contributed by atoms with van der Waals surface area (Å²) in [5.41, 5.74) is 0.360. The summed E-state index contributed by atoms with van der Waals surface area (Å²) < 4.78 is 5.83. The Labute approximate surface area is 118 Å². The molecule has 0 aliphatic heterocycles. The van der Waals surface area contributed by atoms with E-state index in [2.05, 4.69) is 0 Å². The molecule has 1 fully saturated rings. The molecule has 104 valence electrons. The molecule has 0 bridgehead atoms. The zero-order chi connectivity index (χ0) is 14.0. The Bertz CT molecular complexity index is 478. The Hall–Kier alpha value is -1.22. The van der Waals surface area contributed by atoms with E-state index in [9.17, 15) is 4.79 Å². The van der Waals surface area contributed by atoms with Crippen LogP contribution in [0.25, 0.3) is 0 Å². The first-order valence-electron chi connectivity index (χ1n) is 6.54. The monoisotopic (exact) mass is 282 g/mol. The molecule has 1 aliphatic carbocycles. The van der Waals surface area contributed by atoms with Crippen LogP contribution in [-0.2, 0) is 10.2 Å². The number of benzene rings is 1. The van der Waals surface area contributed by atoms with Crippen molar-refractivity contribution in [1.82, 2.24) is 0 Å². The molecule has 0 atom stereocenters. The van der Waals surface area contributed by atoms with Crippen LogP contribution < -0.4 is 4.74 Å². The molecule has 0 spiro atoms. The Balaban J connectivity index is 2.26. The average Bonchev–Trinajstić information content (AvgIpc) is 3.09. The van der Waals surface area contributed by atoms with Crippen molar-refractivity contribution in [2.75, 3.05) is 6.61 Å². The first-order valence-corrected chi connectivity index (χ1v) is 6.91. The highest BCUT2D eigenvalue weighted by atomic mass is 35.5.